The van der Waals surface area contributed by atoms with Crippen molar-refractivity contribution < 1.29 is 8.42 Å². The van der Waals surface area contributed by atoms with E-state index in [0.717, 1.165) is 43.0 Å². The third-order valence-corrected chi connectivity index (χ3v) is 6.37. The number of nitrogens with two attached hydrogens (primary N) is 1. The van der Waals surface area contributed by atoms with E-state index in [1.165, 1.54) is 0 Å². The fourth-order valence-corrected chi connectivity index (χ4v) is 4.54. The normalized spacial score (nSPS) is 19.8. The fourth-order valence-electron chi connectivity index (χ4n) is 2.33. The fraction of sp³-hybridized carbons (Fsp3) is 0.533. The lowest BCUT2D eigenvalue weighted by Gasteiger charge is -2.27. The maximum Gasteiger partial charge on any atom is 0.240 e. The zero-order chi connectivity index (χ0) is 16.3. The van der Waals surface area contributed by atoms with Crippen molar-refractivity contribution >= 4 is 27.7 Å². The molecule has 3 rings (SSSR count). The first kappa shape index (κ1) is 16.6. The van der Waals surface area contributed by atoms with E-state index in [2.05, 4.69) is 14.6 Å². The smallest absolute Gasteiger partial charge is 0.240 e. The minimum atomic E-state index is -3.38. The molecule has 0 radical (unpaired) electrons. The molecule has 1 aliphatic carbocycles. The largest absolute Gasteiger partial charge is 0.370 e. The predicted octanol–water partition coefficient (Wildman–Crippen LogP) is 0.991. The van der Waals surface area contributed by atoms with Crippen LogP contribution in [0.4, 0.5) is 0 Å². The lowest BCUT2D eigenvalue weighted by Crippen LogP contribution is -2.42. The quantitative estimate of drug-likeness (QED) is 0.608. The summed E-state index contributed by atoms with van der Waals surface area (Å²) >= 11 is 1.93. The minimum Gasteiger partial charge on any atom is -0.370 e. The van der Waals surface area contributed by atoms with Crippen LogP contribution in [-0.2, 0) is 16.6 Å². The number of guanidine groups is 1. The molecule has 2 aliphatic rings. The predicted molar refractivity (Wildman–Crippen MR) is 94.0 cm³/mol. The van der Waals surface area contributed by atoms with Gasteiger partial charge in [0, 0.05) is 30.6 Å². The van der Waals surface area contributed by atoms with Crippen LogP contribution in [0.25, 0.3) is 0 Å². The van der Waals surface area contributed by atoms with Gasteiger partial charge in [-0.3, -0.25) is 0 Å². The van der Waals surface area contributed by atoms with E-state index in [4.69, 9.17) is 5.73 Å². The molecule has 1 saturated heterocycles. The van der Waals surface area contributed by atoms with Crippen LogP contribution in [0.2, 0.25) is 0 Å². The van der Waals surface area contributed by atoms with Crippen LogP contribution in [0.1, 0.15) is 18.4 Å². The molecule has 1 aliphatic heterocycles. The Labute approximate surface area is 141 Å². The lowest BCUT2D eigenvalue weighted by atomic mass is 10.2. The third kappa shape index (κ3) is 4.62. The van der Waals surface area contributed by atoms with Gasteiger partial charge in [-0.15, -0.1) is 0 Å². The van der Waals surface area contributed by atoms with Crippen molar-refractivity contribution in [2.45, 2.75) is 30.3 Å². The summed E-state index contributed by atoms with van der Waals surface area (Å²) in [6, 6.07) is 6.97. The number of nitrogens with one attached hydrogen (secondary N) is 1. The number of thioether (sulfide) groups is 1. The number of aliphatic imine (C=N–C) groups is 1. The van der Waals surface area contributed by atoms with Crippen molar-refractivity contribution in [1.29, 1.82) is 0 Å². The van der Waals surface area contributed by atoms with E-state index >= 15 is 0 Å². The molecule has 1 aromatic rings. The summed E-state index contributed by atoms with van der Waals surface area (Å²) in [6.07, 6.45) is 1.86. The van der Waals surface area contributed by atoms with Crippen molar-refractivity contribution in [3.63, 3.8) is 0 Å². The molecule has 1 aromatic carbocycles. The number of nitrogens with zero attached hydrogens (tertiary/aromatic N) is 2. The summed E-state index contributed by atoms with van der Waals surface area (Å²) in [5.74, 6) is 2.73. The molecule has 1 saturated carbocycles. The molecule has 2 fully saturated rings. The van der Waals surface area contributed by atoms with Gasteiger partial charge in [-0.05, 0) is 30.5 Å². The Bertz CT molecular complexity index is 663. The summed E-state index contributed by atoms with van der Waals surface area (Å²) in [5, 5.41) is 0. The molecule has 0 aromatic heterocycles. The third-order valence-electron chi connectivity index (χ3n) is 3.89. The highest BCUT2D eigenvalue weighted by molar-refractivity contribution is 7.99. The van der Waals surface area contributed by atoms with Gasteiger partial charge >= 0.3 is 0 Å². The molecule has 1 heterocycles. The van der Waals surface area contributed by atoms with Crippen molar-refractivity contribution in [2.75, 3.05) is 24.6 Å². The maximum absolute atomic E-state index is 12.1. The van der Waals surface area contributed by atoms with Crippen LogP contribution in [0.5, 0.6) is 0 Å². The molecule has 23 heavy (non-hydrogen) atoms. The molecule has 0 amide bonds. The molecule has 0 spiro atoms. The van der Waals surface area contributed by atoms with Crippen molar-refractivity contribution in [1.82, 2.24) is 9.62 Å². The summed E-state index contributed by atoms with van der Waals surface area (Å²) < 4.78 is 26.9. The second kappa shape index (κ2) is 7.11. The van der Waals surface area contributed by atoms with Crippen molar-refractivity contribution in [3.8, 4) is 0 Å². The van der Waals surface area contributed by atoms with Gasteiger partial charge in [-0.25, -0.2) is 18.1 Å². The summed E-state index contributed by atoms with van der Waals surface area (Å²) in [6.45, 7) is 2.33. The second-order valence-corrected chi connectivity index (χ2v) is 8.75. The second-order valence-electron chi connectivity index (χ2n) is 5.81. The first-order valence-electron chi connectivity index (χ1n) is 7.78. The van der Waals surface area contributed by atoms with Gasteiger partial charge in [0.05, 0.1) is 11.4 Å². The zero-order valence-corrected chi connectivity index (χ0v) is 14.6. The van der Waals surface area contributed by atoms with Crippen LogP contribution in [0.3, 0.4) is 0 Å². The standard InChI is InChI=1S/C15H22N4O2S2/c16-15(19-7-9-22-10-8-19)17-11-12-1-5-14(6-2-12)23(20,21)18-13-3-4-13/h1-2,5-6,13,18H,3-4,7-11H2,(H2,16,17). The average molecular weight is 355 g/mol. The molecule has 6 nitrogen and oxygen atoms in total. The van der Waals surface area contributed by atoms with Gasteiger partial charge in [0.15, 0.2) is 5.96 Å². The lowest BCUT2D eigenvalue weighted by molar-refractivity contribution is 0.455. The van der Waals surface area contributed by atoms with Crippen LogP contribution in [-0.4, -0.2) is 49.9 Å². The first-order valence-corrected chi connectivity index (χ1v) is 10.4. The zero-order valence-electron chi connectivity index (χ0n) is 12.9. The van der Waals surface area contributed by atoms with Crippen molar-refractivity contribution in [2.24, 2.45) is 10.7 Å². The Morgan fingerprint density at radius 1 is 1.26 bits per heavy atom. The summed E-state index contributed by atoms with van der Waals surface area (Å²) in [4.78, 5) is 6.81. The Morgan fingerprint density at radius 2 is 1.91 bits per heavy atom. The van der Waals surface area contributed by atoms with E-state index in [-0.39, 0.29) is 6.04 Å². The van der Waals surface area contributed by atoms with E-state index in [9.17, 15) is 8.42 Å². The minimum absolute atomic E-state index is 0.117. The highest BCUT2D eigenvalue weighted by Crippen LogP contribution is 2.22. The van der Waals surface area contributed by atoms with Crippen LogP contribution >= 0.6 is 11.8 Å². The molecule has 3 N–H and O–H groups in total. The number of hydrogen-bond donors (Lipinski definition) is 2. The van der Waals surface area contributed by atoms with Crippen LogP contribution < -0.4 is 10.5 Å². The SMILES string of the molecule is NC(=NCc1ccc(S(=O)(=O)NC2CC2)cc1)N1CCSCC1. The highest BCUT2D eigenvalue weighted by atomic mass is 32.2. The molecular formula is C15H22N4O2S2. The topological polar surface area (TPSA) is 87.8 Å². The Hall–Kier alpha value is -1.25. The number of rotatable bonds is 5. The molecule has 0 bridgehead atoms. The maximum atomic E-state index is 12.1. The summed E-state index contributed by atoms with van der Waals surface area (Å²) in [7, 11) is -3.38. The van der Waals surface area contributed by atoms with E-state index < -0.39 is 10.0 Å². The highest BCUT2D eigenvalue weighted by Gasteiger charge is 2.27. The number of benzene rings is 1. The van der Waals surface area contributed by atoms with Gasteiger partial charge in [0.1, 0.15) is 0 Å². The average Bonchev–Trinajstić information content (AvgIpc) is 3.37. The van der Waals surface area contributed by atoms with E-state index in [1.54, 1.807) is 24.3 Å². The number of sulfonamides is 1. The monoisotopic (exact) mass is 354 g/mol. The van der Waals surface area contributed by atoms with Crippen LogP contribution in [0.15, 0.2) is 34.2 Å². The van der Waals surface area contributed by atoms with Crippen LogP contribution in [0, 0.1) is 0 Å². The van der Waals surface area contributed by atoms with E-state index in [0.29, 0.717) is 17.4 Å². The molecule has 126 valence electrons. The van der Waals surface area contributed by atoms with Crippen molar-refractivity contribution in [3.05, 3.63) is 29.8 Å². The Kier molecular flexibility index (Phi) is 5.13. The molecule has 0 atom stereocenters. The van der Waals surface area contributed by atoms with Gasteiger partial charge in [0.25, 0.3) is 0 Å². The van der Waals surface area contributed by atoms with Gasteiger partial charge < -0.3 is 10.6 Å². The molecule has 0 unspecified atom stereocenters. The van der Waals surface area contributed by atoms with E-state index in [1.807, 2.05) is 11.8 Å². The van der Waals surface area contributed by atoms with Gasteiger partial charge in [-0.1, -0.05) is 12.1 Å². The summed E-state index contributed by atoms with van der Waals surface area (Å²) in [5.41, 5.74) is 6.97. The Balaban J connectivity index is 1.60. The van der Waals surface area contributed by atoms with Gasteiger partial charge in [0.2, 0.25) is 10.0 Å². The first-order chi connectivity index (χ1) is 11.0. The Morgan fingerprint density at radius 3 is 2.52 bits per heavy atom. The number of hydrogen-bond acceptors (Lipinski definition) is 4. The molecular weight excluding hydrogens is 332 g/mol. The van der Waals surface area contributed by atoms with Gasteiger partial charge in [-0.2, -0.15) is 11.8 Å². The molecule has 8 heteroatoms.